The molecule has 1 aliphatic rings. The molecule has 1 saturated heterocycles. The van der Waals surface area contributed by atoms with Gasteiger partial charge in [-0.25, -0.2) is 0 Å². The molecular formula is C16H21N3O2. The Labute approximate surface area is 124 Å². The van der Waals surface area contributed by atoms with E-state index in [1.807, 2.05) is 19.1 Å². The van der Waals surface area contributed by atoms with Crippen molar-refractivity contribution in [1.29, 1.82) is 0 Å². The van der Waals surface area contributed by atoms with Crippen LogP contribution in [-0.4, -0.2) is 34.8 Å². The van der Waals surface area contributed by atoms with E-state index in [1.165, 1.54) is 18.4 Å². The highest BCUT2D eigenvalue weighted by molar-refractivity contribution is 5.34. The van der Waals surface area contributed by atoms with Gasteiger partial charge >= 0.3 is 0 Å². The van der Waals surface area contributed by atoms with Crippen molar-refractivity contribution < 1.29 is 9.15 Å². The lowest BCUT2D eigenvalue weighted by Gasteiger charge is -2.23. The maximum absolute atomic E-state index is 5.50. The van der Waals surface area contributed by atoms with Crippen LogP contribution in [0.3, 0.4) is 0 Å². The van der Waals surface area contributed by atoms with Gasteiger partial charge in [0.1, 0.15) is 5.75 Å². The van der Waals surface area contributed by atoms with Crippen molar-refractivity contribution in [2.75, 3.05) is 13.7 Å². The average molecular weight is 287 g/mol. The Balaban J connectivity index is 1.69. The molecule has 0 bridgehead atoms. The average Bonchev–Trinajstić information content (AvgIpc) is 3.10. The fourth-order valence-corrected chi connectivity index (χ4v) is 3.04. The summed E-state index contributed by atoms with van der Waals surface area (Å²) in [4.78, 5) is 2.43. The summed E-state index contributed by atoms with van der Waals surface area (Å²) in [6.07, 6.45) is 3.41. The quantitative estimate of drug-likeness (QED) is 0.846. The molecule has 21 heavy (non-hydrogen) atoms. The number of nitrogens with zero attached hydrogens (tertiary/aromatic N) is 3. The van der Waals surface area contributed by atoms with Gasteiger partial charge in [0, 0.05) is 13.0 Å². The minimum atomic E-state index is 0.508. The molecular weight excluding hydrogens is 266 g/mol. The number of hydrogen-bond acceptors (Lipinski definition) is 5. The second-order valence-corrected chi connectivity index (χ2v) is 5.50. The van der Waals surface area contributed by atoms with Gasteiger partial charge in [-0.3, -0.25) is 4.90 Å². The first-order chi connectivity index (χ1) is 10.3. The van der Waals surface area contributed by atoms with Crippen LogP contribution in [0.5, 0.6) is 5.75 Å². The lowest BCUT2D eigenvalue weighted by atomic mass is 10.0. The summed E-state index contributed by atoms with van der Waals surface area (Å²) >= 11 is 0. The molecule has 112 valence electrons. The molecule has 0 spiro atoms. The molecule has 3 rings (SSSR count). The topological polar surface area (TPSA) is 51.4 Å². The second-order valence-electron chi connectivity index (χ2n) is 5.50. The molecule has 0 amide bonds. The summed E-state index contributed by atoms with van der Waals surface area (Å²) in [7, 11) is 1.73. The Morgan fingerprint density at radius 3 is 2.95 bits per heavy atom. The monoisotopic (exact) mass is 287 g/mol. The molecule has 1 atom stereocenters. The second kappa shape index (κ2) is 6.26. The zero-order chi connectivity index (χ0) is 14.7. The van der Waals surface area contributed by atoms with Crippen LogP contribution >= 0.6 is 0 Å². The van der Waals surface area contributed by atoms with Crippen molar-refractivity contribution in [3.05, 3.63) is 41.6 Å². The molecule has 2 aromatic rings. The molecule has 5 heteroatoms. The molecule has 0 unspecified atom stereocenters. The van der Waals surface area contributed by atoms with Crippen molar-refractivity contribution in [2.24, 2.45) is 0 Å². The van der Waals surface area contributed by atoms with Crippen molar-refractivity contribution in [3.8, 4) is 5.75 Å². The highest BCUT2D eigenvalue weighted by atomic mass is 16.5. The molecule has 5 nitrogen and oxygen atoms in total. The van der Waals surface area contributed by atoms with Gasteiger partial charge in [0.2, 0.25) is 11.8 Å². The molecule has 0 saturated carbocycles. The van der Waals surface area contributed by atoms with E-state index in [2.05, 4.69) is 27.2 Å². The van der Waals surface area contributed by atoms with Gasteiger partial charge < -0.3 is 9.15 Å². The van der Waals surface area contributed by atoms with E-state index in [1.54, 1.807) is 7.11 Å². The van der Waals surface area contributed by atoms with Crippen LogP contribution in [-0.2, 0) is 13.0 Å². The van der Waals surface area contributed by atoms with E-state index in [9.17, 15) is 0 Å². The first-order valence-corrected chi connectivity index (χ1v) is 7.41. The number of methoxy groups -OCH3 is 1. The Morgan fingerprint density at radius 1 is 1.33 bits per heavy atom. The van der Waals surface area contributed by atoms with Gasteiger partial charge in [0.15, 0.2) is 0 Å². The number of rotatable bonds is 5. The number of hydrogen-bond donors (Lipinski definition) is 0. The minimum absolute atomic E-state index is 0.508. The third-order valence-corrected chi connectivity index (χ3v) is 4.05. The summed E-state index contributed by atoms with van der Waals surface area (Å²) in [6.45, 7) is 3.65. The maximum atomic E-state index is 5.50. The molecule has 1 fully saturated rings. The Morgan fingerprint density at radius 2 is 2.19 bits per heavy atom. The van der Waals surface area contributed by atoms with Gasteiger partial charge in [-0.15, -0.1) is 10.2 Å². The number of aromatic nitrogens is 2. The van der Waals surface area contributed by atoms with E-state index in [0.29, 0.717) is 17.8 Å². The lowest BCUT2D eigenvalue weighted by molar-refractivity contribution is 0.218. The molecule has 1 aliphatic heterocycles. The Kier molecular flexibility index (Phi) is 4.20. The molecule has 0 aliphatic carbocycles. The number of likely N-dealkylation sites (tertiary alicyclic amines) is 1. The van der Waals surface area contributed by atoms with E-state index < -0.39 is 0 Å². The number of ether oxygens (including phenoxy) is 1. The van der Waals surface area contributed by atoms with Gasteiger partial charge in [-0.1, -0.05) is 18.2 Å². The molecule has 1 aromatic carbocycles. The Bertz CT molecular complexity index is 597. The molecule has 1 aromatic heterocycles. The van der Waals surface area contributed by atoms with Gasteiger partial charge in [-0.05, 0) is 37.4 Å². The molecule has 0 radical (unpaired) electrons. The fourth-order valence-electron chi connectivity index (χ4n) is 3.04. The first-order valence-electron chi connectivity index (χ1n) is 7.41. The summed E-state index contributed by atoms with van der Waals surface area (Å²) < 4.78 is 11.0. The van der Waals surface area contributed by atoms with E-state index in [-0.39, 0.29) is 0 Å². The number of aryl methyl sites for hydroxylation is 1. The zero-order valence-corrected chi connectivity index (χ0v) is 12.6. The van der Waals surface area contributed by atoms with Crippen LogP contribution in [0.4, 0.5) is 0 Å². The number of para-hydroxylation sites is 1. The van der Waals surface area contributed by atoms with Crippen molar-refractivity contribution in [3.63, 3.8) is 0 Å². The predicted molar refractivity (Wildman–Crippen MR) is 79.2 cm³/mol. The van der Waals surface area contributed by atoms with Crippen molar-refractivity contribution >= 4 is 0 Å². The van der Waals surface area contributed by atoms with Gasteiger partial charge in [0.05, 0.1) is 13.7 Å². The maximum Gasteiger partial charge on any atom is 0.230 e. The van der Waals surface area contributed by atoms with E-state index >= 15 is 0 Å². The van der Waals surface area contributed by atoms with Crippen LogP contribution < -0.4 is 4.74 Å². The molecule has 2 heterocycles. The fraction of sp³-hybridized carbons (Fsp3) is 0.500. The van der Waals surface area contributed by atoms with Crippen LogP contribution in [0.15, 0.2) is 28.7 Å². The first kappa shape index (κ1) is 14.1. The summed E-state index contributed by atoms with van der Waals surface area (Å²) in [5.41, 5.74) is 1.26. The standard InChI is InChI=1S/C16H21N3O2/c1-12-17-18-16(21-12)11-19-9-5-7-14(19)10-13-6-3-4-8-15(13)20-2/h3-4,6,8,14H,5,7,9-11H2,1-2H3/t14-/m1/s1. The summed E-state index contributed by atoms with van der Waals surface area (Å²) in [5.74, 6) is 2.31. The van der Waals surface area contributed by atoms with Crippen LogP contribution in [0, 0.1) is 6.92 Å². The Hall–Kier alpha value is -1.88. The van der Waals surface area contributed by atoms with Crippen LogP contribution in [0.1, 0.15) is 30.2 Å². The SMILES string of the molecule is COc1ccccc1C[C@H]1CCCN1Cc1nnc(C)o1. The smallest absolute Gasteiger partial charge is 0.230 e. The highest BCUT2D eigenvalue weighted by Gasteiger charge is 2.26. The predicted octanol–water partition coefficient (Wildman–Crippen LogP) is 2.59. The van der Waals surface area contributed by atoms with E-state index in [0.717, 1.165) is 25.3 Å². The summed E-state index contributed by atoms with van der Waals surface area (Å²) in [6, 6.07) is 8.75. The lowest BCUT2D eigenvalue weighted by Crippen LogP contribution is -2.30. The minimum Gasteiger partial charge on any atom is -0.496 e. The summed E-state index contributed by atoms with van der Waals surface area (Å²) in [5, 5.41) is 8.00. The number of benzene rings is 1. The third-order valence-electron chi connectivity index (χ3n) is 4.05. The zero-order valence-electron chi connectivity index (χ0n) is 12.6. The van der Waals surface area contributed by atoms with Gasteiger partial charge in [0.25, 0.3) is 0 Å². The van der Waals surface area contributed by atoms with Crippen molar-refractivity contribution in [2.45, 2.75) is 38.8 Å². The van der Waals surface area contributed by atoms with Crippen molar-refractivity contribution in [1.82, 2.24) is 15.1 Å². The third kappa shape index (κ3) is 3.24. The van der Waals surface area contributed by atoms with Crippen LogP contribution in [0.2, 0.25) is 0 Å². The largest absolute Gasteiger partial charge is 0.496 e. The molecule has 0 N–H and O–H groups in total. The van der Waals surface area contributed by atoms with E-state index in [4.69, 9.17) is 9.15 Å². The highest BCUT2D eigenvalue weighted by Crippen LogP contribution is 2.26. The van der Waals surface area contributed by atoms with Crippen LogP contribution in [0.25, 0.3) is 0 Å². The normalized spacial score (nSPS) is 19.0. The van der Waals surface area contributed by atoms with Gasteiger partial charge in [-0.2, -0.15) is 0 Å².